The first-order valence-electron chi connectivity index (χ1n) is 15.3. The highest BCUT2D eigenvalue weighted by molar-refractivity contribution is 7.17. The molecular weight excluding hydrogens is 574 g/mol. The van der Waals surface area contributed by atoms with Crippen molar-refractivity contribution in [3.8, 4) is 0 Å². The highest BCUT2D eigenvalue weighted by atomic mass is 32.1. The number of pyridine rings is 1. The highest BCUT2D eigenvalue weighted by Crippen LogP contribution is 2.40. The lowest BCUT2D eigenvalue weighted by Crippen LogP contribution is -2.34. The molecular formula is C35H37N3O5S. The van der Waals surface area contributed by atoms with Gasteiger partial charge in [0.15, 0.2) is 6.10 Å². The molecule has 1 N–H and O–H groups in total. The Labute approximate surface area is 261 Å². The molecule has 0 spiro atoms. The maximum Gasteiger partial charge on any atom is 0.341 e. The van der Waals surface area contributed by atoms with Crippen LogP contribution in [0.1, 0.15) is 75.2 Å². The second kappa shape index (κ2) is 12.9. The van der Waals surface area contributed by atoms with Crippen LogP contribution in [-0.4, -0.2) is 47.0 Å². The van der Waals surface area contributed by atoms with E-state index in [4.69, 9.17) is 14.5 Å². The predicted octanol–water partition coefficient (Wildman–Crippen LogP) is 6.34. The Balaban J connectivity index is 1.25. The molecule has 0 radical (unpaired) electrons. The molecule has 6 rings (SSSR count). The predicted molar refractivity (Wildman–Crippen MR) is 171 cm³/mol. The number of fused-ring (bicyclic) bond motifs is 3. The molecule has 2 aromatic heterocycles. The molecule has 0 bridgehead atoms. The number of para-hydroxylation sites is 1. The molecule has 1 aliphatic carbocycles. The molecule has 2 aromatic carbocycles. The fraction of sp³-hybridized carbons (Fsp3) is 0.371. The van der Waals surface area contributed by atoms with Gasteiger partial charge in [0.1, 0.15) is 5.00 Å². The number of benzene rings is 2. The molecule has 2 unspecified atom stereocenters. The average Bonchev–Trinajstić information content (AvgIpc) is 3.37. The van der Waals surface area contributed by atoms with E-state index < -0.39 is 23.9 Å². The largest absolute Gasteiger partial charge is 0.462 e. The second-order valence-corrected chi connectivity index (χ2v) is 12.8. The number of esters is 2. The Bertz CT molecular complexity index is 1720. The Hall–Kier alpha value is -4.08. The van der Waals surface area contributed by atoms with Gasteiger partial charge in [-0.05, 0) is 56.2 Å². The second-order valence-electron chi connectivity index (χ2n) is 11.7. The molecule has 9 heteroatoms. The van der Waals surface area contributed by atoms with Crippen molar-refractivity contribution in [1.82, 2.24) is 9.88 Å². The van der Waals surface area contributed by atoms with Crippen LogP contribution >= 0.6 is 11.3 Å². The molecule has 44 heavy (non-hydrogen) atoms. The third kappa shape index (κ3) is 6.12. The zero-order valence-electron chi connectivity index (χ0n) is 25.4. The Morgan fingerprint density at radius 2 is 1.80 bits per heavy atom. The van der Waals surface area contributed by atoms with E-state index in [0.717, 1.165) is 59.6 Å². The quantitative estimate of drug-likeness (QED) is 0.232. The fourth-order valence-corrected chi connectivity index (χ4v) is 7.60. The molecule has 2 aliphatic rings. The normalized spacial score (nSPS) is 16.9. The summed E-state index contributed by atoms with van der Waals surface area (Å²) >= 11 is 1.42. The van der Waals surface area contributed by atoms with Gasteiger partial charge in [-0.25, -0.2) is 9.59 Å². The van der Waals surface area contributed by atoms with Gasteiger partial charge < -0.3 is 14.8 Å². The summed E-state index contributed by atoms with van der Waals surface area (Å²) in [6.07, 6.45) is 2.21. The highest BCUT2D eigenvalue weighted by Gasteiger charge is 2.32. The van der Waals surface area contributed by atoms with E-state index in [1.807, 2.05) is 42.5 Å². The number of nitrogens with one attached hydrogen (secondary N) is 1. The Morgan fingerprint density at radius 3 is 2.59 bits per heavy atom. The van der Waals surface area contributed by atoms with Crippen molar-refractivity contribution < 1.29 is 23.9 Å². The van der Waals surface area contributed by atoms with Crippen molar-refractivity contribution in [2.24, 2.45) is 5.92 Å². The van der Waals surface area contributed by atoms with Crippen LogP contribution in [0.5, 0.6) is 0 Å². The number of carbonyl (C=O) groups is 3. The molecule has 1 aliphatic heterocycles. The van der Waals surface area contributed by atoms with E-state index >= 15 is 0 Å². The van der Waals surface area contributed by atoms with Gasteiger partial charge in [0.25, 0.3) is 5.91 Å². The summed E-state index contributed by atoms with van der Waals surface area (Å²) in [5.74, 6) is -0.985. The number of hydrogen-bond donors (Lipinski definition) is 1. The number of amides is 1. The van der Waals surface area contributed by atoms with Gasteiger partial charge >= 0.3 is 11.9 Å². The van der Waals surface area contributed by atoms with Crippen LogP contribution in [0.15, 0.2) is 54.6 Å². The van der Waals surface area contributed by atoms with Gasteiger partial charge in [-0.15, -0.1) is 11.3 Å². The monoisotopic (exact) mass is 611 g/mol. The molecule has 1 amide bonds. The lowest BCUT2D eigenvalue weighted by atomic mass is 9.88. The summed E-state index contributed by atoms with van der Waals surface area (Å²) in [7, 11) is 0. The van der Waals surface area contributed by atoms with Crippen molar-refractivity contribution >= 4 is 45.1 Å². The maximum atomic E-state index is 13.9. The van der Waals surface area contributed by atoms with Gasteiger partial charge in [-0.3, -0.25) is 14.7 Å². The van der Waals surface area contributed by atoms with Crippen LogP contribution in [0.3, 0.4) is 0 Å². The summed E-state index contributed by atoms with van der Waals surface area (Å²) in [6.45, 7) is 7.89. The van der Waals surface area contributed by atoms with E-state index in [1.165, 1.54) is 16.9 Å². The van der Waals surface area contributed by atoms with Crippen LogP contribution in [0.4, 0.5) is 5.00 Å². The zero-order valence-corrected chi connectivity index (χ0v) is 26.2. The SMILES string of the molecule is CCOC(=O)c1c(NC(=O)C(C)OC(=O)c2c3c(nc4ccccc24)CCN(Cc2ccccc2)C3)sc2c1CCC(C)C2. The minimum atomic E-state index is -1.10. The molecule has 8 nitrogen and oxygen atoms in total. The van der Waals surface area contributed by atoms with Crippen molar-refractivity contribution in [2.45, 2.75) is 65.6 Å². The molecule has 228 valence electrons. The number of nitrogens with zero attached hydrogens (tertiary/aromatic N) is 2. The maximum absolute atomic E-state index is 13.9. The molecule has 2 atom stereocenters. The molecule has 0 saturated carbocycles. The molecule has 0 fully saturated rings. The van der Waals surface area contributed by atoms with Crippen LogP contribution < -0.4 is 5.32 Å². The lowest BCUT2D eigenvalue weighted by Gasteiger charge is -2.30. The number of anilines is 1. The van der Waals surface area contributed by atoms with E-state index in [0.29, 0.717) is 40.4 Å². The minimum Gasteiger partial charge on any atom is -0.462 e. The van der Waals surface area contributed by atoms with Crippen molar-refractivity contribution in [1.29, 1.82) is 0 Å². The molecule has 0 saturated heterocycles. The van der Waals surface area contributed by atoms with Crippen molar-refractivity contribution in [2.75, 3.05) is 18.5 Å². The summed E-state index contributed by atoms with van der Waals surface area (Å²) < 4.78 is 11.2. The number of hydrogen-bond acceptors (Lipinski definition) is 8. The Morgan fingerprint density at radius 1 is 1.02 bits per heavy atom. The first kappa shape index (κ1) is 30.0. The van der Waals surface area contributed by atoms with E-state index in [-0.39, 0.29) is 6.61 Å². The van der Waals surface area contributed by atoms with Crippen molar-refractivity contribution in [3.63, 3.8) is 0 Å². The number of thiophene rings is 1. The van der Waals surface area contributed by atoms with E-state index in [1.54, 1.807) is 13.8 Å². The topological polar surface area (TPSA) is 97.8 Å². The van der Waals surface area contributed by atoms with Gasteiger partial charge in [0.2, 0.25) is 0 Å². The average molecular weight is 612 g/mol. The summed E-state index contributed by atoms with van der Waals surface area (Å²) in [6, 6.07) is 17.8. The van der Waals surface area contributed by atoms with Crippen molar-refractivity contribution in [3.05, 3.63) is 93.0 Å². The van der Waals surface area contributed by atoms with Gasteiger partial charge in [-0.2, -0.15) is 0 Å². The molecule has 4 aromatic rings. The molecule has 3 heterocycles. The Kier molecular flexibility index (Phi) is 8.77. The van der Waals surface area contributed by atoms with E-state index in [2.05, 4.69) is 29.3 Å². The number of ether oxygens (including phenoxy) is 2. The van der Waals surface area contributed by atoms with Gasteiger partial charge in [0, 0.05) is 47.6 Å². The minimum absolute atomic E-state index is 0.244. The van der Waals surface area contributed by atoms with Crippen LogP contribution in [0.2, 0.25) is 0 Å². The lowest BCUT2D eigenvalue weighted by molar-refractivity contribution is -0.123. The first-order valence-corrected chi connectivity index (χ1v) is 16.1. The van der Waals surface area contributed by atoms with Gasteiger partial charge in [-0.1, -0.05) is 55.5 Å². The number of carbonyl (C=O) groups excluding carboxylic acids is 3. The van der Waals surface area contributed by atoms with E-state index in [9.17, 15) is 14.4 Å². The summed E-state index contributed by atoms with van der Waals surface area (Å²) in [5, 5.41) is 4.05. The third-order valence-electron chi connectivity index (χ3n) is 8.46. The summed E-state index contributed by atoms with van der Waals surface area (Å²) in [5.41, 5.74) is 5.49. The van der Waals surface area contributed by atoms with Crippen LogP contribution in [0.25, 0.3) is 10.9 Å². The van der Waals surface area contributed by atoms with Crippen LogP contribution in [-0.2, 0) is 46.6 Å². The summed E-state index contributed by atoms with van der Waals surface area (Å²) in [4.78, 5) is 48.6. The van der Waals surface area contributed by atoms with Crippen LogP contribution in [0, 0.1) is 5.92 Å². The zero-order chi connectivity index (χ0) is 30.8. The standard InChI is InChI=1S/C35H37N3O5S/c1-4-42-34(40)31-25-15-14-21(2)18-29(25)44-33(31)37-32(39)22(3)43-35(41)30-24-12-8-9-13-27(24)36-28-16-17-38(20-26(28)30)19-23-10-6-5-7-11-23/h5-13,21-22H,4,14-20H2,1-3H3,(H,37,39). The smallest absolute Gasteiger partial charge is 0.341 e. The number of aromatic nitrogens is 1. The third-order valence-corrected chi connectivity index (χ3v) is 9.63. The fourth-order valence-electron chi connectivity index (χ4n) is 6.20. The van der Waals surface area contributed by atoms with Gasteiger partial charge in [0.05, 0.1) is 23.3 Å². The first-order chi connectivity index (χ1) is 21.3. The number of rotatable bonds is 8.